The first-order chi connectivity index (χ1) is 7.76. The Morgan fingerprint density at radius 1 is 1.38 bits per heavy atom. The Balaban J connectivity index is 2.13. The molecule has 0 heterocycles. The van der Waals surface area contributed by atoms with Crippen LogP contribution < -0.4 is 16.6 Å². The van der Waals surface area contributed by atoms with E-state index in [1.807, 2.05) is 0 Å². The van der Waals surface area contributed by atoms with E-state index in [1.54, 1.807) is 0 Å². The number of hydrogen-bond acceptors (Lipinski definition) is 2. The minimum absolute atomic E-state index is 0.449. The smallest absolute Gasteiger partial charge is 0.206 e. The monoisotopic (exact) mass is 226 g/mol. The number of aliphatic imine (C=N–C) groups is 1. The van der Waals surface area contributed by atoms with Crippen molar-refractivity contribution in [1.82, 2.24) is 10.7 Å². The Bertz CT molecular complexity index is 211. The van der Waals surface area contributed by atoms with E-state index in [-0.39, 0.29) is 0 Å². The summed E-state index contributed by atoms with van der Waals surface area (Å²) in [5.74, 6) is 6.19. The summed E-state index contributed by atoms with van der Waals surface area (Å²) in [5, 5.41) is 3.33. The topological polar surface area (TPSA) is 62.4 Å². The molecule has 1 saturated carbocycles. The Kier molecular flexibility index (Phi) is 6.23. The molecule has 0 radical (unpaired) electrons. The molecule has 1 aliphatic carbocycles. The van der Waals surface area contributed by atoms with Crippen molar-refractivity contribution in [1.29, 1.82) is 0 Å². The molecule has 4 nitrogen and oxygen atoms in total. The van der Waals surface area contributed by atoms with Crippen molar-refractivity contribution in [2.24, 2.45) is 10.8 Å². The van der Waals surface area contributed by atoms with Crippen molar-refractivity contribution in [3.05, 3.63) is 0 Å². The Morgan fingerprint density at radius 3 is 2.69 bits per heavy atom. The van der Waals surface area contributed by atoms with Gasteiger partial charge >= 0.3 is 0 Å². The molecule has 1 aliphatic rings. The number of unbranched alkanes of at least 4 members (excludes halogenated alkanes) is 3. The van der Waals surface area contributed by atoms with Gasteiger partial charge < -0.3 is 5.32 Å². The summed E-state index contributed by atoms with van der Waals surface area (Å²) in [4.78, 5) is 4.46. The number of hydrogen-bond donors (Lipinski definition) is 3. The lowest BCUT2D eigenvalue weighted by molar-refractivity contribution is 0.537. The fourth-order valence-electron chi connectivity index (χ4n) is 1.69. The van der Waals surface area contributed by atoms with Crippen LogP contribution in [0.15, 0.2) is 4.99 Å². The molecule has 4 heteroatoms. The summed E-state index contributed by atoms with van der Waals surface area (Å²) in [6.45, 7) is 4.42. The zero-order chi connectivity index (χ0) is 11.8. The van der Waals surface area contributed by atoms with Crippen LogP contribution in [0.4, 0.5) is 0 Å². The van der Waals surface area contributed by atoms with Gasteiger partial charge in [0.1, 0.15) is 0 Å². The van der Waals surface area contributed by atoms with Gasteiger partial charge in [-0.15, -0.1) is 0 Å². The van der Waals surface area contributed by atoms with E-state index >= 15 is 0 Å². The number of rotatable bonds is 7. The zero-order valence-electron chi connectivity index (χ0n) is 10.6. The van der Waals surface area contributed by atoms with Gasteiger partial charge in [-0.3, -0.25) is 5.43 Å². The highest BCUT2D eigenvalue weighted by atomic mass is 15.3. The molecule has 1 unspecified atom stereocenters. The largest absolute Gasteiger partial charge is 0.353 e. The molecule has 0 aromatic heterocycles. The van der Waals surface area contributed by atoms with Crippen LogP contribution in [-0.4, -0.2) is 18.0 Å². The minimum Gasteiger partial charge on any atom is -0.353 e. The lowest BCUT2D eigenvalue weighted by Crippen LogP contribution is -2.45. The lowest BCUT2D eigenvalue weighted by atomic mass is 10.1. The minimum atomic E-state index is 0.449. The van der Waals surface area contributed by atoms with E-state index in [1.165, 1.54) is 44.9 Å². The standard InChI is InChI=1S/C12H26N4/c1-3-4-5-6-7-10(2)14-12(16-13)15-11-8-9-11/h10-11H,3-9,13H2,1-2H3,(H2,14,15,16). The second kappa shape index (κ2) is 7.49. The summed E-state index contributed by atoms with van der Waals surface area (Å²) in [6, 6.07) is 0.955. The van der Waals surface area contributed by atoms with E-state index in [9.17, 15) is 0 Å². The fourth-order valence-corrected chi connectivity index (χ4v) is 1.69. The Morgan fingerprint density at radius 2 is 2.12 bits per heavy atom. The average Bonchev–Trinajstić information content (AvgIpc) is 3.07. The molecule has 0 aromatic rings. The van der Waals surface area contributed by atoms with Crippen molar-refractivity contribution in [2.45, 2.75) is 70.9 Å². The first kappa shape index (κ1) is 13.3. The molecule has 1 atom stereocenters. The van der Waals surface area contributed by atoms with Crippen LogP contribution in [0.1, 0.15) is 58.8 Å². The third-order valence-corrected chi connectivity index (χ3v) is 2.87. The summed E-state index contributed by atoms with van der Waals surface area (Å²) in [7, 11) is 0. The quantitative estimate of drug-likeness (QED) is 0.204. The maximum atomic E-state index is 5.43. The predicted octanol–water partition coefficient (Wildman–Crippen LogP) is 1.92. The molecule has 0 amide bonds. The molecule has 0 saturated heterocycles. The van der Waals surface area contributed by atoms with Crippen molar-refractivity contribution < 1.29 is 0 Å². The number of nitrogens with zero attached hydrogens (tertiary/aromatic N) is 1. The number of guanidine groups is 1. The van der Waals surface area contributed by atoms with E-state index < -0.39 is 0 Å². The molecular weight excluding hydrogens is 200 g/mol. The zero-order valence-corrected chi connectivity index (χ0v) is 10.6. The van der Waals surface area contributed by atoms with Crippen LogP contribution in [0.3, 0.4) is 0 Å². The lowest BCUT2D eigenvalue weighted by Gasteiger charge is -2.16. The van der Waals surface area contributed by atoms with Crippen molar-refractivity contribution in [2.75, 3.05) is 0 Å². The Hall–Kier alpha value is -0.770. The molecule has 0 aliphatic heterocycles. The van der Waals surface area contributed by atoms with Crippen LogP contribution >= 0.6 is 0 Å². The van der Waals surface area contributed by atoms with Gasteiger partial charge in [-0.05, 0) is 26.2 Å². The molecule has 0 aromatic carbocycles. The second-order valence-electron chi connectivity index (χ2n) is 4.75. The fraction of sp³-hybridized carbons (Fsp3) is 0.917. The van der Waals surface area contributed by atoms with Crippen molar-refractivity contribution >= 4 is 5.96 Å². The molecule has 94 valence electrons. The second-order valence-corrected chi connectivity index (χ2v) is 4.75. The highest BCUT2D eigenvalue weighted by molar-refractivity contribution is 5.79. The van der Waals surface area contributed by atoms with Gasteiger partial charge in [-0.25, -0.2) is 10.8 Å². The van der Waals surface area contributed by atoms with Crippen LogP contribution in [0, 0.1) is 0 Å². The van der Waals surface area contributed by atoms with Crippen LogP contribution in [0.25, 0.3) is 0 Å². The van der Waals surface area contributed by atoms with Crippen LogP contribution in [0.5, 0.6) is 0 Å². The van der Waals surface area contributed by atoms with Gasteiger partial charge in [0.15, 0.2) is 0 Å². The SMILES string of the molecule is CCCCCCC(C)NC(=NC1CC1)NN. The van der Waals surface area contributed by atoms with Gasteiger partial charge in [0.05, 0.1) is 6.04 Å². The van der Waals surface area contributed by atoms with Gasteiger partial charge in [0.25, 0.3) is 0 Å². The maximum absolute atomic E-state index is 5.43. The highest BCUT2D eigenvalue weighted by Gasteiger charge is 2.21. The molecule has 0 spiro atoms. The molecule has 4 N–H and O–H groups in total. The molecule has 1 rings (SSSR count). The third kappa shape index (κ3) is 5.95. The first-order valence-electron chi connectivity index (χ1n) is 6.57. The predicted molar refractivity (Wildman–Crippen MR) is 69.1 cm³/mol. The number of hydrazine groups is 1. The van der Waals surface area contributed by atoms with Crippen LogP contribution in [0.2, 0.25) is 0 Å². The van der Waals surface area contributed by atoms with Crippen molar-refractivity contribution in [3.8, 4) is 0 Å². The summed E-state index contributed by atoms with van der Waals surface area (Å²) >= 11 is 0. The van der Waals surface area contributed by atoms with Crippen LogP contribution in [-0.2, 0) is 0 Å². The summed E-state index contributed by atoms with van der Waals surface area (Å²) < 4.78 is 0. The summed E-state index contributed by atoms with van der Waals surface area (Å²) in [6.07, 6.45) is 8.84. The average molecular weight is 226 g/mol. The Labute approximate surface area is 99.1 Å². The van der Waals surface area contributed by atoms with E-state index in [0.717, 1.165) is 5.96 Å². The summed E-state index contributed by atoms with van der Waals surface area (Å²) in [5.41, 5.74) is 2.64. The van der Waals surface area contributed by atoms with Crippen molar-refractivity contribution in [3.63, 3.8) is 0 Å². The molecule has 1 fully saturated rings. The normalized spacial score (nSPS) is 18.3. The van der Waals surface area contributed by atoms with Gasteiger partial charge in [0, 0.05) is 6.04 Å². The van der Waals surface area contributed by atoms with Gasteiger partial charge in [-0.2, -0.15) is 0 Å². The molecule has 0 bridgehead atoms. The molecular formula is C12H26N4. The van der Waals surface area contributed by atoms with E-state index in [4.69, 9.17) is 5.84 Å². The number of nitrogens with one attached hydrogen (secondary N) is 2. The first-order valence-corrected chi connectivity index (χ1v) is 6.57. The number of nitrogens with two attached hydrogens (primary N) is 1. The van der Waals surface area contributed by atoms with E-state index in [2.05, 4.69) is 29.6 Å². The van der Waals surface area contributed by atoms with Gasteiger partial charge in [-0.1, -0.05) is 32.6 Å². The van der Waals surface area contributed by atoms with E-state index in [0.29, 0.717) is 12.1 Å². The maximum Gasteiger partial charge on any atom is 0.206 e. The van der Waals surface area contributed by atoms with Gasteiger partial charge in [0.2, 0.25) is 5.96 Å². The molecule has 16 heavy (non-hydrogen) atoms. The highest BCUT2D eigenvalue weighted by Crippen LogP contribution is 2.23. The third-order valence-electron chi connectivity index (χ3n) is 2.87.